The van der Waals surface area contributed by atoms with Gasteiger partial charge in [0.1, 0.15) is 5.78 Å². The fourth-order valence-corrected chi connectivity index (χ4v) is 2.42. The van der Waals surface area contributed by atoms with Gasteiger partial charge in [-0.25, -0.2) is 0 Å². The first kappa shape index (κ1) is 12.7. The van der Waals surface area contributed by atoms with E-state index in [-0.39, 0.29) is 5.92 Å². The number of carbonyl (C=O) groups excluding carboxylic acids is 1. The molecule has 0 radical (unpaired) electrons. The maximum atomic E-state index is 11.5. The molecule has 0 bridgehead atoms. The van der Waals surface area contributed by atoms with Crippen molar-refractivity contribution >= 4 is 5.78 Å². The highest BCUT2D eigenvalue weighted by Gasteiger charge is 2.24. The van der Waals surface area contributed by atoms with Gasteiger partial charge in [-0.3, -0.25) is 4.79 Å². The van der Waals surface area contributed by atoms with Gasteiger partial charge in [0.05, 0.1) is 26.7 Å². The predicted molar refractivity (Wildman–Crippen MR) is 63.7 cm³/mol. The Morgan fingerprint density at radius 2 is 1.80 bits per heavy atom. The zero-order valence-electron chi connectivity index (χ0n) is 10.6. The molecule has 88 valence electrons. The number of Topliss-reactive ketones (excluding diaryl/α,β-unsaturated/α-hetero) is 1. The van der Waals surface area contributed by atoms with Crippen LogP contribution in [0.2, 0.25) is 0 Å². The van der Waals surface area contributed by atoms with Crippen molar-refractivity contribution in [1.82, 2.24) is 0 Å². The van der Waals surface area contributed by atoms with E-state index < -0.39 is 0 Å². The summed E-state index contributed by atoms with van der Waals surface area (Å²) in [6.07, 6.45) is 6.00. The molecular weight excluding hydrogens is 186 g/mol. The second kappa shape index (κ2) is 5.64. The Morgan fingerprint density at radius 3 is 2.33 bits per heavy atom. The molecule has 0 N–H and O–H groups in total. The summed E-state index contributed by atoms with van der Waals surface area (Å²) in [5.74, 6) is 0.648. The number of ketones is 1. The van der Waals surface area contributed by atoms with Crippen LogP contribution in [0.15, 0.2) is 0 Å². The molecule has 2 nitrogen and oxygen atoms in total. The van der Waals surface area contributed by atoms with E-state index in [0.29, 0.717) is 5.78 Å². The third-order valence-electron chi connectivity index (χ3n) is 3.66. The van der Waals surface area contributed by atoms with Crippen molar-refractivity contribution in [3.8, 4) is 0 Å². The molecule has 1 rings (SSSR count). The SMILES string of the molecule is CC(C)C(=O)CCC[N+]1(C)CCCCC1. The minimum absolute atomic E-state index is 0.219. The number of quaternary nitrogens is 1. The van der Waals surface area contributed by atoms with Gasteiger partial charge in [0.15, 0.2) is 0 Å². The number of hydrogen-bond donors (Lipinski definition) is 0. The number of piperidine rings is 1. The van der Waals surface area contributed by atoms with E-state index >= 15 is 0 Å². The van der Waals surface area contributed by atoms with Crippen LogP contribution in [-0.2, 0) is 4.79 Å². The van der Waals surface area contributed by atoms with Crippen LogP contribution in [-0.4, -0.2) is 36.9 Å². The first-order chi connectivity index (χ1) is 7.03. The van der Waals surface area contributed by atoms with E-state index in [9.17, 15) is 4.79 Å². The molecule has 0 atom stereocenters. The van der Waals surface area contributed by atoms with E-state index in [1.165, 1.54) is 43.4 Å². The molecule has 0 aromatic rings. The first-order valence-electron chi connectivity index (χ1n) is 6.40. The Bertz CT molecular complexity index is 205. The van der Waals surface area contributed by atoms with Gasteiger partial charge in [0.2, 0.25) is 0 Å². The molecule has 1 heterocycles. The summed E-state index contributed by atoms with van der Waals surface area (Å²) in [5, 5.41) is 0. The van der Waals surface area contributed by atoms with E-state index in [2.05, 4.69) is 7.05 Å². The second-order valence-electron chi connectivity index (χ2n) is 5.58. The number of nitrogens with zero attached hydrogens (tertiary/aromatic N) is 1. The van der Waals surface area contributed by atoms with Crippen LogP contribution in [0.5, 0.6) is 0 Å². The molecule has 15 heavy (non-hydrogen) atoms. The van der Waals surface area contributed by atoms with Gasteiger partial charge in [0, 0.05) is 18.8 Å². The summed E-state index contributed by atoms with van der Waals surface area (Å²) < 4.78 is 1.20. The third kappa shape index (κ3) is 4.33. The Labute approximate surface area is 94.2 Å². The number of likely N-dealkylation sites (tertiary alicyclic amines) is 1. The Kier molecular flexibility index (Phi) is 4.78. The average Bonchev–Trinajstić information content (AvgIpc) is 2.18. The number of hydrogen-bond acceptors (Lipinski definition) is 1. The van der Waals surface area contributed by atoms with E-state index in [1.54, 1.807) is 0 Å². The van der Waals surface area contributed by atoms with Crippen LogP contribution in [0, 0.1) is 5.92 Å². The van der Waals surface area contributed by atoms with Crippen molar-refractivity contribution in [1.29, 1.82) is 0 Å². The van der Waals surface area contributed by atoms with E-state index in [0.717, 1.165) is 12.8 Å². The average molecular weight is 212 g/mol. The molecule has 0 aromatic carbocycles. The standard InChI is InChI=1S/C13H26NO/c1-12(2)13(15)8-7-11-14(3)9-5-4-6-10-14/h12H,4-11H2,1-3H3/q+1. The maximum absolute atomic E-state index is 11.5. The minimum Gasteiger partial charge on any atom is -0.326 e. The van der Waals surface area contributed by atoms with Gasteiger partial charge in [-0.15, -0.1) is 0 Å². The first-order valence-corrected chi connectivity index (χ1v) is 6.40. The zero-order chi connectivity index (χ0) is 11.3. The lowest BCUT2D eigenvalue weighted by atomic mass is 10.0. The smallest absolute Gasteiger partial charge is 0.135 e. The van der Waals surface area contributed by atoms with Crippen molar-refractivity contribution in [2.75, 3.05) is 26.7 Å². The van der Waals surface area contributed by atoms with Gasteiger partial charge >= 0.3 is 0 Å². The summed E-state index contributed by atoms with van der Waals surface area (Å²) >= 11 is 0. The summed E-state index contributed by atoms with van der Waals surface area (Å²) in [6, 6.07) is 0. The van der Waals surface area contributed by atoms with Crippen LogP contribution in [0.4, 0.5) is 0 Å². The van der Waals surface area contributed by atoms with Crippen LogP contribution >= 0.6 is 0 Å². The fourth-order valence-electron chi connectivity index (χ4n) is 2.42. The van der Waals surface area contributed by atoms with E-state index in [4.69, 9.17) is 0 Å². The summed E-state index contributed by atoms with van der Waals surface area (Å²) in [4.78, 5) is 11.5. The molecule has 0 saturated carbocycles. The molecule has 1 fully saturated rings. The van der Waals surface area contributed by atoms with Gasteiger partial charge < -0.3 is 4.48 Å². The van der Waals surface area contributed by atoms with Gasteiger partial charge in [-0.05, 0) is 19.3 Å². The summed E-state index contributed by atoms with van der Waals surface area (Å²) in [5.41, 5.74) is 0. The van der Waals surface area contributed by atoms with Crippen LogP contribution in [0.1, 0.15) is 46.0 Å². The molecule has 0 aromatic heterocycles. The van der Waals surface area contributed by atoms with Crippen molar-refractivity contribution in [3.63, 3.8) is 0 Å². The van der Waals surface area contributed by atoms with Crippen molar-refractivity contribution in [2.45, 2.75) is 46.0 Å². The molecule has 0 amide bonds. The second-order valence-corrected chi connectivity index (χ2v) is 5.58. The predicted octanol–water partition coefficient (Wildman–Crippen LogP) is 2.62. The largest absolute Gasteiger partial charge is 0.326 e. The lowest BCUT2D eigenvalue weighted by Gasteiger charge is -2.37. The monoisotopic (exact) mass is 212 g/mol. The molecule has 0 unspecified atom stereocenters. The number of rotatable bonds is 5. The lowest BCUT2D eigenvalue weighted by Crippen LogP contribution is -2.48. The molecule has 1 aliphatic rings. The molecule has 1 saturated heterocycles. The van der Waals surface area contributed by atoms with Crippen molar-refractivity contribution in [2.24, 2.45) is 5.92 Å². The maximum Gasteiger partial charge on any atom is 0.135 e. The quantitative estimate of drug-likeness (QED) is 0.640. The van der Waals surface area contributed by atoms with E-state index in [1.807, 2.05) is 13.8 Å². The van der Waals surface area contributed by atoms with Crippen LogP contribution in [0.3, 0.4) is 0 Å². The molecule has 2 heteroatoms. The van der Waals surface area contributed by atoms with Crippen molar-refractivity contribution in [3.05, 3.63) is 0 Å². The lowest BCUT2D eigenvalue weighted by molar-refractivity contribution is -0.914. The fraction of sp³-hybridized carbons (Fsp3) is 0.923. The van der Waals surface area contributed by atoms with Gasteiger partial charge in [-0.1, -0.05) is 13.8 Å². The molecule has 1 aliphatic heterocycles. The van der Waals surface area contributed by atoms with Crippen molar-refractivity contribution < 1.29 is 9.28 Å². The molecule has 0 spiro atoms. The summed E-state index contributed by atoms with van der Waals surface area (Å²) in [6.45, 7) is 7.82. The third-order valence-corrected chi connectivity index (χ3v) is 3.66. The highest BCUT2D eigenvalue weighted by Crippen LogP contribution is 2.17. The van der Waals surface area contributed by atoms with Crippen LogP contribution in [0.25, 0.3) is 0 Å². The number of carbonyl (C=O) groups is 1. The van der Waals surface area contributed by atoms with Gasteiger partial charge in [-0.2, -0.15) is 0 Å². The Morgan fingerprint density at radius 1 is 1.20 bits per heavy atom. The molecular formula is C13H26NO+. The highest BCUT2D eigenvalue weighted by molar-refractivity contribution is 5.80. The minimum atomic E-state index is 0.219. The Balaban J connectivity index is 2.21. The molecule has 0 aliphatic carbocycles. The van der Waals surface area contributed by atoms with Crippen LogP contribution < -0.4 is 0 Å². The normalized spacial score (nSPS) is 20.5. The topological polar surface area (TPSA) is 17.1 Å². The highest BCUT2D eigenvalue weighted by atomic mass is 16.1. The van der Waals surface area contributed by atoms with Gasteiger partial charge in [0.25, 0.3) is 0 Å². The summed E-state index contributed by atoms with van der Waals surface area (Å²) in [7, 11) is 2.35. The Hall–Kier alpha value is -0.370. The zero-order valence-corrected chi connectivity index (χ0v) is 10.6.